The van der Waals surface area contributed by atoms with Crippen molar-refractivity contribution in [3.63, 3.8) is 0 Å². The Bertz CT molecular complexity index is 616. The second-order valence-electron chi connectivity index (χ2n) is 4.43. The molecule has 0 aromatic heterocycles. The van der Waals surface area contributed by atoms with Crippen molar-refractivity contribution in [1.29, 1.82) is 0 Å². The van der Waals surface area contributed by atoms with Gasteiger partial charge in [0.1, 0.15) is 6.61 Å². The van der Waals surface area contributed by atoms with Gasteiger partial charge >= 0.3 is 5.97 Å². The molecule has 0 fully saturated rings. The molecule has 0 aliphatic carbocycles. The van der Waals surface area contributed by atoms with E-state index in [0.29, 0.717) is 16.9 Å². The minimum Gasteiger partial charge on any atom is -0.457 e. The first-order chi connectivity index (χ1) is 9.56. The van der Waals surface area contributed by atoms with Crippen molar-refractivity contribution < 1.29 is 9.53 Å². The van der Waals surface area contributed by atoms with Gasteiger partial charge in [0, 0.05) is 11.4 Å². The molecule has 0 aliphatic heterocycles. The number of nitrogen functional groups attached to an aromatic ring is 2. The van der Waals surface area contributed by atoms with Crippen LogP contribution in [0.2, 0.25) is 0 Å². The number of carbonyl (C=O) groups excluding carboxylic acids is 1. The van der Waals surface area contributed by atoms with Crippen molar-refractivity contribution in [2.75, 3.05) is 11.5 Å². The lowest BCUT2D eigenvalue weighted by Crippen LogP contribution is -2.07. The van der Waals surface area contributed by atoms with E-state index in [1.807, 2.05) is 30.3 Å². The van der Waals surface area contributed by atoms with Gasteiger partial charge in [0.2, 0.25) is 0 Å². The third-order valence-corrected chi connectivity index (χ3v) is 2.78. The minimum absolute atomic E-state index is 0.111. The van der Waals surface area contributed by atoms with E-state index in [-0.39, 0.29) is 6.61 Å². The molecule has 0 aliphatic rings. The number of nitrogens with two attached hydrogens (primary N) is 2. The maximum absolute atomic E-state index is 11.9. The Hall–Kier alpha value is -2.75. The van der Waals surface area contributed by atoms with Crippen LogP contribution in [0.3, 0.4) is 0 Å². The van der Waals surface area contributed by atoms with E-state index in [2.05, 4.69) is 6.58 Å². The van der Waals surface area contributed by atoms with Crippen molar-refractivity contribution >= 4 is 22.9 Å². The number of hydrogen-bond donors (Lipinski definition) is 2. The highest BCUT2D eigenvalue weighted by Gasteiger charge is 2.11. The first-order valence-corrected chi connectivity index (χ1v) is 6.12. The lowest BCUT2D eigenvalue weighted by molar-refractivity contribution is -0.137. The fourth-order valence-electron chi connectivity index (χ4n) is 1.82. The van der Waals surface area contributed by atoms with Gasteiger partial charge in [-0.05, 0) is 29.3 Å². The second kappa shape index (κ2) is 5.93. The van der Waals surface area contributed by atoms with Crippen LogP contribution in [0, 0.1) is 0 Å². The monoisotopic (exact) mass is 268 g/mol. The highest BCUT2D eigenvalue weighted by Crippen LogP contribution is 2.17. The molecule has 0 unspecified atom stereocenters. The zero-order valence-electron chi connectivity index (χ0n) is 11.0. The fourth-order valence-corrected chi connectivity index (χ4v) is 1.82. The standard InChI is InChI=1S/C16H16N2O2/c1-11(13-5-3-2-4-6-13)16(19)20-10-12-7-14(17)9-15(18)8-12/h2-9H,1,10,17-18H2. The lowest BCUT2D eigenvalue weighted by atomic mass is 10.1. The Labute approximate surface area is 117 Å². The van der Waals surface area contributed by atoms with E-state index in [9.17, 15) is 4.79 Å². The third-order valence-electron chi connectivity index (χ3n) is 2.78. The maximum atomic E-state index is 11.9. The summed E-state index contributed by atoms with van der Waals surface area (Å²) >= 11 is 0. The Morgan fingerprint density at radius 2 is 1.65 bits per heavy atom. The van der Waals surface area contributed by atoms with Crippen LogP contribution in [0.4, 0.5) is 11.4 Å². The van der Waals surface area contributed by atoms with Crippen LogP contribution in [-0.2, 0) is 16.1 Å². The van der Waals surface area contributed by atoms with Gasteiger partial charge < -0.3 is 16.2 Å². The highest BCUT2D eigenvalue weighted by atomic mass is 16.5. The quantitative estimate of drug-likeness (QED) is 0.507. The summed E-state index contributed by atoms with van der Waals surface area (Å²) in [5.74, 6) is -0.461. The molecule has 0 heterocycles. The second-order valence-corrected chi connectivity index (χ2v) is 4.43. The molecule has 2 rings (SSSR count). The van der Waals surface area contributed by atoms with E-state index < -0.39 is 5.97 Å². The van der Waals surface area contributed by atoms with Crippen molar-refractivity contribution in [3.05, 3.63) is 66.2 Å². The number of anilines is 2. The summed E-state index contributed by atoms with van der Waals surface area (Å²) in [6, 6.07) is 14.2. The van der Waals surface area contributed by atoms with Crippen molar-refractivity contribution in [1.82, 2.24) is 0 Å². The highest BCUT2D eigenvalue weighted by molar-refractivity contribution is 6.15. The predicted molar refractivity (Wildman–Crippen MR) is 80.5 cm³/mol. The first-order valence-electron chi connectivity index (χ1n) is 6.12. The maximum Gasteiger partial charge on any atom is 0.338 e. The molecule has 2 aromatic carbocycles. The van der Waals surface area contributed by atoms with Gasteiger partial charge in [-0.3, -0.25) is 0 Å². The Morgan fingerprint density at radius 1 is 1.05 bits per heavy atom. The molecule has 0 saturated heterocycles. The zero-order valence-corrected chi connectivity index (χ0v) is 11.0. The summed E-state index contributed by atoms with van der Waals surface area (Å²) in [5.41, 5.74) is 14.2. The Kier molecular flexibility index (Phi) is 4.05. The molecule has 4 nitrogen and oxygen atoms in total. The summed E-state index contributed by atoms with van der Waals surface area (Å²) in [5, 5.41) is 0. The summed E-state index contributed by atoms with van der Waals surface area (Å²) in [7, 11) is 0. The molecule has 0 bridgehead atoms. The summed E-state index contributed by atoms with van der Waals surface area (Å²) in [6.07, 6.45) is 0. The normalized spacial score (nSPS) is 10.0. The van der Waals surface area contributed by atoms with Gasteiger partial charge in [-0.15, -0.1) is 0 Å². The van der Waals surface area contributed by atoms with E-state index in [4.69, 9.17) is 16.2 Å². The lowest BCUT2D eigenvalue weighted by Gasteiger charge is -2.08. The summed E-state index contributed by atoms with van der Waals surface area (Å²) in [6.45, 7) is 3.86. The molecule has 4 heteroatoms. The zero-order chi connectivity index (χ0) is 14.5. The molecular formula is C16H16N2O2. The van der Waals surface area contributed by atoms with Crippen LogP contribution >= 0.6 is 0 Å². The molecule has 2 aromatic rings. The van der Waals surface area contributed by atoms with Gasteiger partial charge in [0.15, 0.2) is 0 Å². The summed E-state index contributed by atoms with van der Waals surface area (Å²) in [4.78, 5) is 11.9. The van der Waals surface area contributed by atoms with Gasteiger partial charge in [0.25, 0.3) is 0 Å². The van der Waals surface area contributed by atoms with Crippen molar-refractivity contribution in [2.45, 2.75) is 6.61 Å². The van der Waals surface area contributed by atoms with Crippen molar-refractivity contribution in [3.8, 4) is 0 Å². The molecule has 102 valence electrons. The largest absolute Gasteiger partial charge is 0.457 e. The van der Waals surface area contributed by atoms with Gasteiger partial charge in [0.05, 0.1) is 5.57 Å². The molecular weight excluding hydrogens is 252 g/mol. The van der Waals surface area contributed by atoms with Crippen LogP contribution in [0.15, 0.2) is 55.1 Å². The number of rotatable bonds is 4. The first kappa shape index (κ1) is 13.7. The molecule has 4 N–H and O–H groups in total. The molecule has 20 heavy (non-hydrogen) atoms. The predicted octanol–water partition coefficient (Wildman–Crippen LogP) is 2.61. The summed E-state index contributed by atoms with van der Waals surface area (Å²) < 4.78 is 5.20. The molecule has 0 atom stereocenters. The molecule has 0 saturated carbocycles. The van der Waals surface area contributed by atoms with E-state index >= 15 is 0 Å². The number of ether oxygens (including phenoxy) is 1. The van der Waals surface area contributed by atoms with Gasteiger partial charge in [-0.25, -0.2) is 4.79 Å². The van der Waals surface area contributed by atoms with E-state index in [1.54, 1.807) is 18.2 Å². The fraction of sp³-hybridized carbons (Fsp3) is 0.0625. The Balaban J connectivity index is 2.00. The smallest absolute Gasteiger partial charge is 0.338 e. The Morgan fingerprint density at radius 3 is 2.25 bits per heavy atom. The van der Waals surface area contributed by atoms with Gasteiger partial charge in [-0.2, -0.15) is 0 Å². The number of esters is 1. The van der Waals surface area contributed by atoms with E-state index in [0.717, 1.165) is 11.1 Å². The number of benzene rings is 2. The van der Waals surface area contributed by atoms with Crippen LogP contribution in [0.5, 0.6) is 0 Å². The molecule has 0 radical (unpaired) electrons. The van der Waals surface area contributed by atoms with E-state index in [1.165, 1.54) is 0 Å². The molecule has 0 amide bonds. The number of hydrogen-bond acceptors (Lipinski definition) is 4. The molecule has 0 spiro atoms. The van der Waals surface area contributed by atoms with Crippen LogP contribution < -0.4 is 11.5 Å². The van der Waals surface area contributed by atoms with Crippen LogP contribution in [0.1, 0.15) is 11.1 Å². The SMILES string of the molecule is C=C(C(=O)OCc1cc(N)cc(N)c1)c1ccccc1. The van der Waals surface area contributed by atoms with Crippen LogP contribution in [-0.4, -0.2) is 5.97 Å². The van der Waals surface area contributed by atoms with Crippen LogP contribution in [0.25, 0.3) is 5.57 Å². The third kappa shape index (κ3) is 3.38. The average Bonchev–Trinajstić information content (AvgIpc) is 2.44. The minimum atomic E-state index is -0.461. The number of carbonyl (C=O) groups is 1. The average molecular weight is 268 g/mol. The van der Waals surface area contributed by atoms with Crippen molar-refractivity contribution in [2.24, 2.45) is 0 Å². The van der Waals surface area contributed by atoms with Gasteiger partial charge in [-0.1, -0.05) is 36.9 Å². The topological polar surface area (TPSA) is 78.3 Å².